The van der Waals surface area contributed by atoms with Crippen LogP contribution in [0.4, 0.5) is 0 Å². The lowest BCUT2D eigenvalue weighted by molar-refractivity contribution is 0.101. The fraction of sp³-hybridized carbons (Fsp3) is 0.188. The van der Waals surface area contributed by atoms with Crippen LogP contribution in [0.1, 0.15) is 22.8 Å². The Morgan fingerprint density at radius 3 is 2.52 bits per heavy atom. The minimum atomic E-state index is 0.0402. The van der Waals surface area contributed by atoms with E-state index < -0.39 is 0 Å². The quantitative estimate of drug-likeness (QED) is 0.531. The smallest absolute Gasteiger partial charge is 0.159 e. The minimum absolute atomic E-state index is 0.0402. The third-order valence-electron chi connectivity index (χ3n) is 2.97. The highest BCUT2D eigenvalue weighted by atomic mass is 35.5. The number of hydrogen-bond acceptors (Lipinski definition) is 3. The maximum atomic E-state index is 11.5. The Kier molecular flexibility index (Phi) is 5.57. The van der Waals surface area contributed by atoms with Gasteiger partial charge in [0.25, 0.3) is 0 Å². The van der Waals surface area contributed by atoms with Gasteiger partial charge in [0.2, 0.25) is 0 Å². The van der Waals surface area contributed by atoms with E-state index in [1.807, 2.05) is 24.3 Å². The second-order valence-corrected chi connectivity index (χ2v) is 6.31. The predicted octanol–water partition coefficient (Wildman–Crippen LogP) is 5.50. The number of Topliss-reactive ketones (excluding diaryl/α,β-unsaturated/α-hetero) is 1. The minimum Gasteiger partial charge on any atom is -0.496 e. The highest BCUT2D eigenvalue weighted by molar-refractivity contribution is 7.98. The summed E-state index contributed by atoms with van der Waals surface area (Å²) in [6.45, 7) is 1.55. The summed E-state index contributed by atoms with van der Waals surface area (Å²) in [7, 11) is 1.62. The second kappa shape index (κ2) is 7.21. The first kappa shape index (κ1) is 16.2. The predicted molar refractivity (Wildman–Crippen MR) is 89.0 cm³/mol. The zero-order valence-corrected chi connectivity index (χ0v) is 14.0. The fourth-order valence-corrected chi connectivity index (χ4v) is 3.11. The van der Waals surface area contributed by atoms with Crippen LogP contribution in [0.5, 0.6) is 5.75 Å². The van der Waals surface area contributed by atoms with Crippen molar-refractivity contribution in [3.05, 3.63) is 57.6 Å². The Hall–Kier alpha value is -1.16. The van der Waals surface area contributed by atoms with E-state index in [-0.39, 0.29) is 5.78 Å². The highest BCUT2D eigenvalue weighted by Crippen LogP contribution is 2.32. The van der Waals surface area contributed by atoms with Crippen LogP contribution in [-0.4, -0.2) is 12.9 Å². The molecule has 0 amide bonds. The number of hydrogen-bond donors (Lipinski definition) is 0. The molecule has 0 saturated carbocycles. The molecule has 2 aromatic rings. The molecule has 0 fully saturated rings. The number of benzene rings is 2. The van der Waals surface area contributed by atoms with Crippen molar-refractivity contribution in [2.24, 2.45) is 0 Å². The van der Waals surface area contributed by atoms with Gasteiger partial charge >= 0.3 is 0 Å². The first-order valence-corrected chi connectivity index (χ1v) is 8.01. The fourth-order valence-electron chi connectivity index (χ4n) is 1.84. The first-order valence-electron chi connectivity index (χ1n) is 6.27. The maximum absolute atomic E-state index is 11.5. The zero-order valence-electron chi connectivity index (χ0n) is 11.7. The lowest BCUT2D eigenvalue weighted by Gasteiger charge is -2.10. The Morgan fingerprint density at radius 1 is 1.14 bits per heavy atom. The Bertz CT molecular complexity index is 671. The summed E-state index contributed by atoms with van der Waals surface area (Å²) in [6.07, 6.45) is 0. The van der Waals surface area contributed by atoms with Gasteiger partial charge in [0.1, 0.15) is 5.75 Å². The van der Waals surface area contributed by atoms with E-state index in [4.69, 9.17) is 27.9 Å². The number of carbonyl (C=O) groups is 1. The van der Waals surface area contributed by atoms with Gasteiger partial charge in [-0.2, -0.15) is 0 Å². The van der Waals surface area contributed by atoms with E-state index in [2.05, 4.69) is 0 Å². The first-order chi connectivity index (χ1) is 10.0. The largest absolute Gasteiger partial charge is 0.496 e. The standard InChI is InChI=1S/C16H14Cl2O2S/c1-10(19)11-3-6-16(20-2)12(7-11)9-21-13-4-5-14(17)15(18)8-13/h3-8H,9H2,1-2H3. The van der Waals surface area contributed by atoms with Crippen LogP contribution >= 0.6 is 35.0 Å². The van der Waals surface area contributed by atoms with Crippen LogP contribution in [0.3, 0.4) is 0 Å². The maximum Gasteiger partial charge on any atom is 0.159 e. The summed E-state index contributed by atoms with van der Waals surface area (Å²) >= 11 is 13.5. The van der Waals surface area contributed by atoms with E-state index in [0.717, 1.165) is 16.2 Å². The van der Waals surface area contributed by atoms with Gasteiger partial charge in [0, 0.05) is 21.8 Å². The molecule has 0 N–H and O–H groups in total. The molecule has 21 heavy (non-hydrogen) atoms. The molecule has 0 heterocycles. The van der Waals surface area contributed by atoms with Crippen molar-refractivity contribution in [2.45, 2.75) is 17.6 Å². The van der Waals surface area contributed by atoms with Gasteiger partial charge in [-0.1, -0.05) is 23.2 Å². The van der Waals surface area contributed by atoms with Gasteiger partial charge in [-0.15, -0.1) is 11.8 Å². The number of halogens is 2. The lowest BCUT2D eigenvalue weighted by atomic mass is 10.1. The number of ether oxygens (including phenoxy) is 1. The number of methoxy groups -OCH3 is 1. The van der Waals surface area contributed by atoms with Crippen LogP contribution in [-0.2, 0) is 5.75 Å². The van der Waals surface area contributed by atoms with Gasteiger partial charge in [0.05, 0.1) is 17.2 Å². The molecule has 2 rings (SSSR count). The van der Waals surface area contributed by atoms with Crippen LogP contribution in [0, 0.1) is 0 Å². The molecule has 0 bridgehead atoms. The normalized spacial score (nSPS) is 10.5. The number of rotatable bonds is 5. The molecule has 0 aromatic heterocycles. The second-order valence-electron chi connectivity index (χ2n) is 4.45. The molecule has 0 spiro atoms. The molecule has 0 aliphatic rings. The number of ketones is 1. The van der Waals surface area contributed by atoms with Crippen LogP contribution in [0.15, 0.2) is 41.3 Å². The number of thioether (sulfide) groups is 1. The summed E-state index contributed by atoms with van der Waals surface area (Å²) in [5, 5.41) is 1.07. The van der Waals surface area contributed by atoms with Gasteiger partial charge in [-0.25, -0.2) is 0 Å². The molecule has 2 aromatic carbocycles. The average Bonchev–Trinajstić information content (AvgIpc) is 2.48. The molecule has 0 radical (unpaired) electrons. The summed E-state index contributed by atoms with van der Waals surface area (Å²) in [5.41, 5.74) is 1.65. The van der Waals surface area contributed by atoms with Crippen LogP contribution in [0.25, 0.3) is 0 Å². The molecule has 0 unspecified atom stereocenters. The summed E-state index contributed by atoms with van der Waals surface area (Å²) in [4.78, 5) is 12.5. The monoisotopic (exact) mass is 340 g/mol. The van der Waals surface area contributed by atoms with E-state index in [1.165, 1.54) is 0 Å². The van der Waals surface area contributed by atoms with Gasteiger partial charge in [-0.3, -0.25) is 4.79 Å². The molecule has 0 saturated heterocycles. The third-order valence-corrected chi connectivity index (χ3v) is 4.75. The summed E-state index contributed by atoms with van der Waals surface area (Å²) in [5.74, 6) is 1.49. The molecule has 0 atom stereocenters. The molecular weight excluding hydrogens is 327 g/mol. The average molecular weight is 341 g/mol. The highest BCUT2D eigenvalue weighted by Gasteiger charge is 2.08. The van der Waals surface area contributed by atoms with Crippen molar-refractivity contribution in [3.8, 4) is 5.75 Å². The number of carbonyl (C=O) groups excluding carboxylic acids is 1. The summed E-state index contributed by atoms with van der Waals surface area (Å²) < 4.78 is 5.34. The van der Waals surface area contributed by atoms with E-state index >= 15 is 0 Å². The molecule has 2 nitrogen and oxygen atoms in total. The van der Waals surface area contributed by atoms with Crippen LogP contribution < -0.4 is 4.74 Å². The molecule has 0 aliphatic carbocycles. The van der Waals surface area contributed by atoms with Crippen molar-refractivity contribution in [1.29, 1.82) is 0 Å². The third kappa shape index (κ3) is 4.16. The van der Waals surface area contributed by atoms with Gasteiger partial charge in [-0.05, 0) is 43.3 Å². The Labute approximate surface area is 138 Å². The molecular formula is C16H14Cl2O2S. The van der Waals surface area contributed by atoms with E-state index in [0.29, 0.717) is 21.4 Å². The van der Waals surface area contributed by atoms with Crippen molar-refractivity contribution < 1.29 is 9.53 Å². The Morgan fingerprint density at radius 2 is 1.90 bits per heavy atom. The van der Waals surface area contributed by atoms with E-state index in [9.17, 15) is 4.79 Å². The molecule has 110 valence electrons. The van der Waals surface area contributed by atoms with Crippen molar-refractivity contribution in [1.82, 2.24) is 0 Å². The summed E-state index contributed by atoms with van der Waals surface area (Å²) in [6, 6.07) is 11.0. The van der Waals surface area contributed by atoms with Crippen LogP contribution in [0.2, 0.25) is 10.0 Å². The van der Waals surface area contributed by atoms with Gasteiger partial charge < -0.3 is 4.74 Å². The van der Waals surface area contributed by atoms with E-state index in [1.54, 1.807) is 37.9 Å². The molecule has 0 aliphatic heterocycles. The van der Waals surface area contributed by atoms with Crippen molar-refractivity contribution >= 4 is 40.7 Å². The van der Waals surface area contributed by atoms with Crippen molar-refractivity contribution in [3.63, 3.8) is 0 Å². The zero-order chi connectivity index (χ0) is 15.4. The van der Waals surface area contributed by atoms with Gasteiger partial charge in [0.15, 0.2) is 5.78 Å². The Balaban J connectivity index is 2.19. The topological polar surface area (TPSA) is 26.3 Å². The van der Waals surface area contributed by atoms with Crippen molar-refractivity contribution in [2.75, 3.05) is 7.11 Å². The SMILES string of the molecule is COc1ccc(C(C)=O)cc1CSc1ccc(Cl)c(Cl)c1. The lowest BCUT2D eigenvalue weighted by Crippen LogP contribution is -1.96. The molecule has 5 heteroatoms.